The van der Waals surface area contributed by atoms with Gasteiger partial charge >= 0.3 is 0 Å². The first-order valence-electron chi connectivity index (χ1n) is 8.33. The van der Waals surface area contributed by atoms with Crippen molar-refractivity contribution in [2.45, 2.75) is 0 Å². The quantitative estimate of drug-likeness (QED) is 0.510. The second kappa shape index (κ2) is 7.43. The maximum atomic E-state index is 12.2. The summed E-state index contributed by atoms with van der Waals surface area (Å²) in [7, 11) is 0. The lowest BCUT2D eigenvalue weighted by atomic mass is 10.2. The van der Waals surface area contributed by atoms with Crippen LogP contribution in [0.4, 0.5) is 17.2 Å². The highest BCUT2D eigenvalue weighted by Crippen LogP contribution is 2.24. The first kappa shape index (κ1) is 17.0. The van der Waals surface area contributed by atoms with E-state index in [1.54, 1.807) is 42.7 Å². The van der Waals surface area contributed by atoms with Crippen LogP contribution in [0.3, 0.4) is 0 Å². The number of pyridine rings is 2. The summed E-state index contributed by atoms with van der Waals surface area (Å²) in [6.45, 7) is 0. The van der Waals surface area contributed by atoms with Gasteiger partial charge < -0.3 is 10.6 Å². The van der Waals surface area contributed by atoms with Gasteiger partial charge in [-0.25, -0.2) is 4.98 Å². The average molecular weight is 375 g/mol. The van der Waals surface area contributed by atoms with Gasteiger partial charge in [0, 0.05) is 22.2 Å². The molecule has 0 aliphatic rings. The molecule has 4 aromatic rings. The van der Waals surface area contributed by atoms with Gasteiger partial charge in [0.2, 0.25) is 0 Å². The van der Waals surface area contributed by atoms with E-state index in [4.69, 9.17) is 11.6 Å². The molecule has 6 heteroatoms. The van der Waals surface area contributed by atoms with Crippen molar-refractivity contribution in [3.8, 4) is 0 Å². The molecule has 132 valence electrons. The normalized spacial score (nSPS) is 10.6. The van der Waals surface area contributed by atoms with Gasteiger partial charge in [0.15, 0.2) is 0 Å². The van der Waals surface area contributed by atoms with Crippen molar-refractivity contribution in [2.75, 3.05) is 10.6 Å². The van der Waals surface area contributed by atoms with Crippen LogP contribution >= 0.6 is 11.6 Å². The largest absolute Gasteiger partial charge is 0.352 e. The Morgan fingerprint density at radius 3 is 2.48 bits per heavy atom. The SMILES string of the molecule is O=C(Nc1ccc(Nc2cccc3cccnc23)cn1)c1ccc(Cl)cc1. The summed E-state index contributed by atoms with van der Waals surface area (Å²) in [5, 5.41) is 7.72. The first-order chi connectivity index (χ1) is 13.2. The minimum absolute atomic E-state index is 0.238. The van der Waals surface area contributed by atoms with Crippen LogP contribution in [0.1, 0.15) is 10.4 Å². The molecule has 2 N–H and O–H groups in total. The Kier molecular flexibility index (Phi) is 4.68. The molecule has 0 saturated heterocycles. The van der Waals surface area contributed by atoms with Crippen LogP contribution in [0.15, 0.2) is 79.1 Å². The molecule has 0 radical (unpaired) electrons. The van der Waals surface area contributed by atoms with Crippen molar-refractivity contribution in [3.63, 3.8) is 0 Å². The van der Waals surface area contributed by atoms with Crippen molar-refractivity contribution >= 4 is 45.6 Å². The van der Waals surface area contributed by atoms with Crippen molar-refractivity contribution in [1.82, 2.24) is 9.97 Å². The van der Waals surface area contributed by atoms with Gasteiger partial charge in [-0.3, -0.25) is 9.78 Å². The van der Waals surface area contributed by atoms with Gasteiger partial charge in [0.1, 0.15) is 5.82 Å². The number of hydrogen-bond acceptors (Lipinski definition) is 4. The van der Waals surface area contributed by atoms with E-state index in [9.17, 15) is 4.79 Å². The highest BCUT2D eigenvalue weighted by atomic mass is 35.5. The summed E-state index contributed by atoms with van der Waals surface area (Å²) in [6, 6.07) is 20.2. The standard InChI is InChI=1S/C21H15ClN4O/c22-16-8-6-15(7-9-16)21(27)26-19-11-10-17(13-24-19)25-18-5-1-3-14-4-2-12-23-20(14)18/h1-13,25H,(H,24,26,27). The summed E-state index contributed by atoms with van der Waals surface area (Å²) in [5.41, 5.74) is 3.11. The van der Waals surface area contributed by atoms with E-state index in [1.807, 2.05) is 36.4 Å². The minimum atomic E-state index is -0.238. The molecule has 27 heavy (non-hydrogen) atoms. The maximum Gasteiger partial charge on any atom is 0.256 e. The molecule has 2 aromatic carbocycles. The number of benzene rings is 2. The van der Waals surface area contributed by atoms with Crippen LogP contribution in [0.25, 0.3) is 10.9 Å². The van der Waals surface area contributed by atoms with Gasteiger partial charge in [-0.2, -0.15) is 0 Å². The number of nitrogens with one attached hydrogen (secondary N) is 2. The van der Waals surface area contributed by atoms with E-state index in [1.165, 1.54) is 0 Å². The second-order valence-corrected chi connectivity index (χ2v) is 6.34. The number of anilines is 3. The molecule has 5 nitrogen and oxygen atoms in total. The summed E-state index contributed by atoms with van der Waals surface area (Å²) in [4.78, 5) is 21.0. The number of rotatable bonds is 4. The second-order valence-electron chi connectivity index (χ2n) is 5.90. The Hall–Kier alpha value is -3.44. The molecule has 0 aliphatic heterocycles. The van der Waals surface area contributed by atoms with Crippen LogP contribution in [-0.4, -0.2) is 15.9 Å². The molecule has 2 heterocycles. The Labute approximate surface area is 161 Å². The highest BCUT2D eigenvalue weighted by Gasteiger charge is 2.07. The smallest absolute Gasteiger partial charge is 0.256 e. The van der Waals surface area contributed by atoms with Crippen LogP contribution in [0.2, 0.25) is 5.02 Å². The fourth-order valence-electron chi connectivity index (χ4n) is 2.69. The number of hydrogen-bond donors (Lipinski definition) is 2. The zero-order valence-corrected chi connectivity index (χ0v) is 14.9. The molecule has 0 unspecified atom stereocenters. The fraction of sp³-hybridized carbons (Fsp3) is 0. The number of nitrogens with zero attached hydrogens (tertiary/aromatic N) is 2. The predicted molar refractivity (Wildman–Crippen MR) is 109 cm³/mol. The number of amides is 1. The van der Waals surface area contributed by atoms with Crippen LogP contribution in [-0.2, 0) is 0 Å². The first-order valence-corrected chi connectivity index (χ1v) is 8.70. The highest BCUT2D eigenvalue weighted by molar-refractivity contribution is 6.30. The van der Waals surface area contributed by atoms with Gasteiger partial charge in [-0.15, -0.1) is 0 Å². The van der Waals surface area contributed by atoms with Gasteiger partial charge in [-0.05, 0) is 48.5 Å². The number of carbonyl (C=O) groups is 1. The van der Waals surface area contributed by atoms with Crippen LogP contribution in [0.5, 0.6) is 0 Å². The molecule has 1 amide bonds. The molecule has 0 fully saturated rings. The van der Waals surface area contributed by atoms with E-state index in [0.717, 1.165) is 22.3 Å². The van der Waals surface area contributed by atoms with Crippen molar-refractivity contribution < 1.29 is 4.79 Å². The minimum Gasteiger partial charge on any atom is -0.352 e. The maximum absolute atomic E-state index is 12.2. The van der Waals surface area contributed by atoms with Crippen LogP contribution < -0.4 is 10.6 Å². The van der Waals surface area contributed by atoms with Crippen molar-refractivity contribution in [2.24, 2.45) is 0 Å². The Morgan fingerprint density at radius 2 is 1.70 bits per heavy atom. The summed E-state index contributed by atoms with van der Waals surface area (Å²) in [6.07, 6.45) is 3.43. The number of fused-ring (bicyclic) bond motifs is 1. The van der Waals surface area contributed by atoms with Crippen molar-refractivity contribution in [1.29, 1.82) is 0 Å². The molecule has 0 saturated carbocycles. The van der Waals surface area contributed by atoms with E-state index >= 15 is 0 Å². The summed E-state index contributed by atoms with van der Waals surface area (Å²) >= 11 is 5.84. The average Bonchev–Trinajstić information content (AvgIpc) is 2.70. The van der Waals surface area contributed by atoms with E-state index in [-0.39, 0.29) is 5.91 Å². The summed E-state index contributed by atoms with van der Waals surface area (Å²) < 4.78 is 0. The monoisotopic (exact) mass is 374 g/mol. The Bertz CT molecular complexity index is 1090. The number of halogens is 1. The number of para-hydroxylation sites is 1. The number of aromatic nitrogens is 2. The summed E-state index contributed by atoms with van der Waals surface area (Å²) in [5.74, 6) is 0.231. The van der Waals surface area contributed by atoms with Gasteiger partial charge in [0.25, 0.3) is 5.91 Å². The third-order valence-electron chi connectivity index (χ3n) is 4.02. The van der Waals surface area contributed by atoms with Crippen LogP contribution in [0, 0.1) is 0 Å². The van der Waals surface area contributed by atoms with Gasteiger partial charge in [-0.1, -0.05) is 29.8 Å². The molecule has 0 bridgehead atoms. The molecular formula is C21H15ClN4O. The lowest BCUT2D eigenvalue weighted by Crippen LogP contribution is -2.12. The Morgan fingerprint density at radius 1 is 0.889 bits per heavy atom. The van der Waals surface area contributed by atoms with Gasteiger partial charge in [0.05, 0.1) is 23.1 Å². The lowest BCUT2D eigenvalue weighted by Gasteiger charge is -2.10. The molecular weight excluding hydrogens is 360 g/mol. The Balaban J connectivity index is 1.49. The van der Waals surface area contributed by atoms with Crippen molar-refractivity contribution in [3.05, 3.63) is 89.7 Å². The third-order valence-corrected chi connectivity index (χ3v) is 4.28. The molecule has 2 aromatic heterocycles. The van der Waals surface area contributed by atoms with E-state index in [2.05, 4.69) is 20.6 Å². The molecule has 0 atom stereocenters. The molecule has 0 spiro atoms. The molecule has 0 aliphatic carbocycles. The predicted octanol–water partition coefficient (Wildman–Crippen LogP) is 5.28. The topological polar surface area (TPSA) is 66.9 Å². The van der Waals surface area contributed by atoms with E-state index < -0.39 is 0 Å². The third kappa shape index (κ3) is 3.88. The number of carbonyl (C=O) groups excluding carboxylic acids is 1. The zero-order chi connectivity index (χ0) is 18.6. The lowest BCUT2D eigenvalue weighted by molar-refractivity contribution is 0.102. The molecule has 4 rings (SSSR count). The van der Waals surface area contributed by atoms with E-state index in [0.29, 0.717) is 16.4 Å². The fourth-order valence-corrected chi connectivity index (χ4v) is 2.82. The zero-order valence-electron chi connectivity index (χ0n) is 14.2.